The lowest BCUT2D eigenvalue weighted by Gasteiger charge is -2.41. The van der Waals surface area contributed by atoms with Crippen molar-refractivity contribution in [2.45, 2.75) is 63.9 Å². The molecule has 1 aliphatic carbocycles. The molecule has 0 amide bonds. The molecule has 0 bridgehead atoms. The van der Waals surface area contributed by atoms with Gasteiger partial charge in [0.05, 0.1) is 17.3 Å². The first-order valence-electron chi connectivity index (χ1n) is 6.86. The molecule has 4 heteroatoms. The summed E-state index contributed by atoms with van der Waals surface area (Å²) in [5, 5.41) is 13.6. The molecule has 1 saturated carbocycles. The molecule has 108 valence electrons. The first-order valence-corrected chi connectivity index (χ1v) is 6.86. The van der Waals surface area contributed by atoms with E-state index in [4.69, 9.17) is 4.74 Å². The van der Waals surface area contributed by atoms with Crippen molar-refractivity contribution >= 4 is 0 Å². The Labute approximate surface area is 112 Å². The van der Waals surface area contributed by atoms with Gasteiger partial charge in [-0.3, -0.25) is 0 Å². The fourth-order valence-electron chi connectivity index (χ4n) is 2.43. The number of nitrogens with zero attached hydrogens (tertiary/aromatic N) is 1. The van der Waals surface area contributed by atoms with Gasteiger partial charge >= 0.3 is 0 Å². The zero-order chi connectivity index (χ0) is 14.0. The second-order valence-corrected chi connectivity index (χ2v) is 7.14. The zero-order valence-electron chi connectivity index (χ0n) is 12.8. The van der Waals surface area contributed by atoms with Crippen LogP contribution < -0.4 is 5.32 Å². The second kappa shape index (κ2) is 5.87. The number of likely N-dealkylation sites (N-methyl/N-ethyl adjacent to an activating group) is 1. The first-order chi connectivity index (χ1) is 8.07. The Kier molecular flexibility index (Phi) is 5.18. The van der Waals surface area contributed by atoms with E-state index in [0.29, 0.717) is 25.2 Å². The Morgan fingerprint density at radius 3 is 2.22 bits per heavy atom. The summed E-state index contributed by atoms with van der Waals surface area (Å²) in [6, 6.07) is 0.492. The van der Waals surface area contributed by atoms with E-state index in [9.17, 15) is 5.11 Å². The lowest BCUT2D eigenvalue weighted by atomic mass is 9.88. The highest BCUT2D eigenvalue weighted by atomic mass is 16.5. The molecule has 1 fully saturated rings. The van der Waals surface area contributed by atoms with Gasteiger partial charge in [0.1, 0.15) is 0 Å². The van der Waals surface area contributed by atoms with E-state index < -0.39 is 5.60 Å². The van der Waals surface area contributed by atoms with Crippen LogP contribution in [0.2, 0.25) is 0 Å². The molecular weight excluding hydrogens is 228 g/mol. The zero-order valence-corrected chi connectivity index (χ0v) is 12.8. The molecule has 0 saturated heterocycles. The van der Waals surface area contributed by atoms with E-state index in [-0.39, 0.29) is 5.60 Å². The highest BCUT2D eigenvalue weighted by Gasteiger charge is 2.34. The topological polar surface area (TPSA) is 44.7 Å². The molecule has 1 atom stereocenters. The van der Waals surface area contributed by atoms with Crippen LogP contribution >= 0.6 is 0 Å². The van der Waals surface area contributed by atoms with E-state index >= 15 is 0 Å². The fraction of sp³-hybridized carbons (Fsp3) is 1.00. The van der Waals surface area contributed by atoms with E-state index in [1.807, 2.05) is 25.9 Å². The van der Waals surface area contributed by atoms with Gasteiger partial charge in [0, 0.05) is 19.1 Å². The average molecular weight is 258 g/mol. The summed E-state index contributed by atoms with van der Waals surface area (Å²) in [6.07, 6.45) is 2.48. The molecular formula is C14H30N2O2. The molecule has 0 aromatic carbocycles. The molecule has 1 rings (SSSR count). The number of ether oxygens (including phenoxy) is 1. The second-order valence-electron chi connectivity index (χ2n) is 7.14. The maximum Gasteiger partial charge on any atom is 0.0869 e. The average Bonchev–Trinajstić information content (AvgIpc) is 2.04. The third kappa shape index (κ3) is 6.14. The predicted octanol–water partition coefficient (Wildman–Crippen LogP) is 1.23. The highest BCUT2D eigenvalue weighted by Crippen LogP contribution is 2.27. The highest BCUT2D eigenvalue weighted by molar-refractivity contribution is 4.90. The first kappa shape index (κ1) is 15.9. The maximum atomic E-state index is 10.2. The molecule has 0 spiro atoms. The summed E-state index contributed by atoms with van der Waals surface area (Å²) in [6.45, 7) is 9.47. The van der Waals surface area contributed by atoms with Crippen molar-refractivity contribution in [2.24, 2.45) is 0 Å². The molecule has 0 radical (unpaired) electrons. The Hall–Kier alpha value is -0.160. The molecule has 1 unspecified atom stereocenters. The molecule has 18 heavy (non-hydrogen) atoms. The monoisotopic (exact) mass is 258 g/mol. The minimum Gasteiger partial charge on any atom is -0.388 e. The van der Waals surface area contributed by atoms with E-state index in [2.05, 4.69) is 26.1 Å². The SMILES string of the molecule is CN(C)CC(C)(O)CNC1CC(OC(C)(C)C)C1. The molecule has 1 aliphatic rings. The van der Waals surface area contributed by atoms with Gasteiger partial charge in [-0.2, -0.15) is 0 Å². The fourth-order valence-corrected chi connectivity index (χ4v) is 2.43. The lowest BCUT2D eigenvalue weighted by molar-refractivity contribution is -0.104. The third-order valence-corrected chi connectivity index (χ3v) is 3.04. The van der Waals surface area contributed by atoms with Crippen molar-refractivity contribution in [3.8, 4) is 0 Å². The number of rotatable bonds is 6. The number of hydrogen-bond acceptors (Lipinski definition) is 4. The molecule has 4 nitrogen and oxygen atoms in total. The maximum absolute atomic E-state index is 10.2. The number of hydrogen-bond donors (Lipinski definition) is 2. The molecule has 0 aromatic heterocycles. The van der Waals surface area contributed by atoms with E-state index in [0.717, 1.165) is 12.8 Å². The summed E-state index contributed by atoms with van der Waals surface area (Å²) < 4.78 is 5.89. The Morgan fingerprint density at radius 2 is 1.78 bits per heavy atom. The minimum absolute atomic E-state index is 0.0496. The molecule has 0 aliphatic heterocycles. The summed E-state index contributed by atoms with van der Waals surface area (Å²) in [7, 11) is 3.95. The minimum atomic E-state index is -0.667. The Balaban J connectivity index is 2.17. The van der Waals surface area contributed by atoms with Crippen LogP contribution in [0.4, 0.5) is 0 Å². The summed E-state index contributed by atoms with van der Waals surface area (Å²) in [5.74, 6) is 0. The third-order valence-electron chi connectivity index (χ3n) is 3.04. The van der Waals surface area contributed by atoms with Crippen molar-refractivity contribution in [3.63, 3.8) is 0 Å². The van der Waals surface area contributed by atoms with Crippen LogP contribution in [0, 0.1) is 0 Å². The van der Waals surface area contributed by atoms with Crippen LogP contribution in [-0.2, 0) is 4.74 Å². The van der Waals surface area contributed by atoms with Gasteiger partial charge in [0.2, 0.25) is 0 Å². The Morgan fingerprint density at radius 1 is 1.22 bits per heavy atom. The standard InChI is InChI=1S/C14H30N2O2/c1-13(2,3)18-12-7-11(8-12)15-9-14(4,17)10-16(5)6/h11-12,15,17H,7-10H2,1-6H3. The van der Waals surface area contributed by atoms with Crippen molar-refractivity contribution in [1.29, 1.82) is 0 Å². The molecule has 0 aromatic rings. The smallest absolute Gasteiger partial charge is 0.0869 e. The van der Waals surface area contributed by atoms with Crippen LogP contribution in [0.1, 0.15) is 40.5 Å². The molecule has 0 heterocycles. The summed E-state index contributed by atoms with van der Waals surface area (Å²) in [4.78, 5) is 2.01. The van der Waals surface area contributed by atoms with Crippen LogP contribution in [0.15, 0.2) is 0 Å². The van der Waals surface area contributed by atoms with E-state index in [1.54, 1.807) is 0 Å². The van der Waals surface area contributed by atoms with Gasteiger partial charge in [0.25, 0.3) is 0 Å². The Bertz CT molecular complexity index is 253. The van der Waals surface area contributed by atoms with Crippen LogP contribution in [0.25, 0.3) is 0 Å². The van der Waals surface area contributed by atoms with E-state index in [1.165, 1.54) is 0 Å². The van der Waals surface area contributed by atoms with Gasteiger partial charge in [-0.15, -0.1) is 0 Å². The molecule has 2 N–H and O–H groups in total. The summed E-state index contributed by atoms with van der Waals surface area (Å²) >= 11 is 0. The largest absolute Gasteiger partial charge is 0.388 e. The van der Waals surface area contributed by atoms with Gasteiger partial charge < -0.3 is 20.1 Å². The summed E-state index contributed by atoms with van der Waals surface area (Å²) in [5.41, 5.74) is -0.717. The quantitative estimate of drug-likeness (QED) is 0.752. The lowest BCUT2D eigenvalue weighted by Crippen LogP contribution is -2.53. The van der Waals surface area contributed by atoms with Crippen molar-refractivity contribution in [2.75, 3.05) is 27.2 Å². The van der Waals surface area contributed by atoms with Gasteiger partial charge in [-0.25, -0.2) is 0 Å². The van der Waals surface area contributed by atoms with Crippen LogP contribution in [0.3, 0.4) is 0 Å². The van der Waals surface area contributed by atoms with Crippen molar-refractivity contribution < 1.29 is 9.84 Å². The van der Waals surface area contributed by atoms with Crippen molar-refractivity contribution in [1.82, 2.24) is 10.2 Å². The van der Waals surface area contributed by atoms with Gasteiger partial charge in [0.15, 0.2) is 0 Å². The normalized spacial score (nSPS) is 28.0. The number of nitrogens with one attached hydrogen (secondary N) is 1. The van der Waals surface area contributed by atoms with Crippen LogP contribution in [0.5, 0.6) is 0 Å². The van der Waals surface area contributed by atoms with Gasteiger partial charge in [-0.1, -0.05) is 0 Å². The van der Waals surface area contributed by atoms with Crippen LogP contribution in [-0.4, -0.2) is 60.5 Å². The van der Waals surface area contributed by atoms with Gasteiger partial charge in [-0.05, 0) is 54.6 Å². The van der Waals surface area contributed by atoms with Crippen molar-refractivity contribution in [3.05, 3.63) is 0 Å². The predicted molar refractivity (Wildman–Crippen MR) is 74.8 cm³/mol. The number of aliphatic hydroxyl groups is 1.